The summed E-state index contributed by atoms with van der Waals surface area (Å²) in [5, 5.41) is 3.64. The Labute approximate surface area is 131 Å². The zero-order chi connectivity index (χ0) is 16.4. The van der Waals surface area contributed by atoms with Crippen molar-refractivity contribution in [1.82, 2.24) is 4.57 Å². The largest absolute Gasteiger partial charge is 0.343 e. The number of halogens is 2. The lowest BCUT2D eigenvalue weighted by Gasteiger charge is -2.07. The van der Waals surface area contributed by atoms with Gasteiger partial charge in [-0.15, -0.1) is 0 Å². The molecule has 5 heteroatoms. The van der Waals surface area contributed by atoms with E-state index in [-0.39, 0.29) is 5.91 Å². The Morgan fingerprint density at radius 2 is 1.96 bits per heavy atom. The van der Waals surface area contributed by atoms with Gasteiger partial charge in [0.2, 0.25) is 5.91 Å². The number of nitrogens with zero attached hydrogens (tertiary/aromatic N) is 1. The molecule has 3 nitrogen and oxygen atoms in total. The predicted octanol–water partition coefficient (Wildman–Crippen LogP) is 4.09. The van der Waals surface area contributed by atoms with Crippen molar-refractivity contribution in [2.45, 2.75) is 6.54 Å². The van der Waals surface area contributed by atoms with Gasteiger partial charge in [-0.1, -0.05) is 12.6 Å². The lowest BCUT2D eigenvalue weighted by molar-refractivity contribution is -0.111. The van der Waals surface area contributed by atoms with Gasteiger partial charge in [0, 0.05) is 29.3 Å². The highest BCUT2D eigenvalue weighted by atomic mass is 19.2. The maximum atomic E-state index is 13.3. The molecule has 23 heavy (non-hydrogen) atoms. The van der Waals surface area contributed by atoms with Crippen molar-refractivity contribution < 1.29 is 13.6 Å². The average Bonchev–Trinajstić information content (AvgIpc) is 2.93. The van der Waals surface area contributed by atoms with E-state index in [2.05, 4.69) is 11.9 Å². The molecule has 0 saturated carbocycles. The molecule has 0 radical (unpaired) electrons. The maximum Gasteiger partial charge on any atom is 0.247 e. The minimum atomic E-state index is -0.853. The number of carbonyl (C=O) groups excluding carboxylic acids is 1. The quantitative estimate of drug-likeness (QED) is 0.723. The summed E-state index contributed by atoms with van der Waals surface area (Å²) in [6.45, 7) is 3.84. The van der Waals surface area contributed by atoms with E-state index in [0.717, 1.165) is 17.0 Å². The molecule has 1 N–H and O–H groups in total. The van der Waals surface area contributed by atoms with Crippen LogP contribution in [0.3, 0.4) is 0 Å². The van der Waals surface area contributed by atoms with Gasteiger partial charge in [0.1, 0.15) is 0 Å². The molecule has 0 aliphatic carbocycles. The third-order valence-electron chi connectivity index (χ3n) is 3.56. The van der Waals surface area contributed by atoms with E-state index in [4.69, 9.17) is 0 Å². The first-order chi connectivity index (χ1) is 11.1. The summed E-state index contributed by atoms with van der Waals surface area (Å²) in [5.74, 6) is -1.98. The number of nitrogens with one attached hydrogen (secondary N) is 1. The summed E-state index contributed by atoms with van der Waals surface area (Å²) in [6.07, 6.45) is 3.07. The highest BCUT2D eigenvalue weighted by molar-refractivity contribution is 6.00. The lowest BCUT2D eigenvalue weighted by atomic mass is 10.2. The van der Waals surface area contributed by atoms with Crippen LogP contribution in [0.2, 0.25) is 0 Å². The van der Waals surface area contributed by atoms with Crippen LogP contribution in [0, 0.1) is 11.6 Å². The van der Waals surface area contributed by atoms with Gasteiger partial charge in [-0.2, -0.15) is 0 Å². The van der Waals surface area contributed by atoms with E-state index < -0.39 is 11.6 Å². The third-order valence-corrected chi connectivity index (χ3v) is 3.56. The van der Waals surface area contributed by atoms with Crippen molar-refractivity contribution in [3.05, 3.63) is 78.5 Å². The normalized spacial score (nSPS) is 10.7. The fourth-order valence-corrected chi connectivity index (χ4v) is 2.44. The Kier molecular flexibility index (Phi) is 3.93. The Morgan fingerprint density at radius 3 is 2.70 bits per heavy atom. The summed E-state index contributed by atoms with van der Waals surface area (Å²) in [7, 11) is 0. The van der Waals surface area contributed by atoms with Gasteiger partial charge in [0.25, 0.3) is 0 Å². The molecule has 0 bridgehead atoms. The standard InChI is InChI=1S/C18H14F2N2O/c1-2-18(23)21-14-4-6-17-13(10-14)7-8-22(17)11-12-3-5-15(19)16(20)9-12/h2-10H,1,11H2,(H,21,23). The van der Waals surface area contributed by atoms with Crippen LogP contribution in [0.5, 0.6) is 0 Å². The fraction of sp³-hybridized carbons (Fsp3) is 0.0556. The zero-order valence-electron chi connectivity index (χ0n) is 12.2. The lowest BCUT2D eigenvalue weighted by Crippen LogP contribution is -2.07. The molecule has 0 saturated heterocycles. The SMILES string of the molecule is C=CC(=O)Nc1ccc2c(ccn2Cc2ccc(F)c(F)c2)c1. The molecule has 0 unspecified atom stereocenters. The monoisotopic (exact) mass is 312 g/mol. The van der Waals surface area contributed by atoms with E-state index in [1.165, 1.54) is 12.1 Å². The van der Waals surface area contributed by atoms with Gasteiger partial charge in [0.15, 0.2) is 11.6 Å². The minimum Gasteiger partial charge on any atom is -0.343 e. The first kappa shape index (κ1) is 15.0. The van der Waals surface area contributed by atoms with Gasteiger partial charge >= 0.3 is 0 Å². The van der Waals surface area contributed by atoms with Gasteiger partial charge in [-0.3, -0.25) is 4.79 Å². The van der Waals surface area contributed by atoms with E-state index >= 15 is 0 Å². The zero-order valence-corrected chi connectivity index (χ0v) is 12.2. The second kappa shape index (κ2) is 6.04. The van der Waals surface area contributed by atoms with Crippen molar-refractivity contribution in [3.8, 4) is 0 Å². The second-order valence-electron chi connectivity index (χ2n) is 5.16. The van der Waals surface area contributed by atoms with Crippen LogP contribution in [-0.4, -0.2) is 10.5 Å². The van der Waals surface area contributed by atoms with Crippen molar-refractivity contribution in [1.29, 1.82) is 0 Å². The van der Waals surface area contributed by atoms with Crippen LogP contribution < -0.4 is 5.32 Å². The average molecular weight is 312 g/mol. The van der Waals surface area contributed by atoms with Crippen LogP contribution in [0.1, 0.15) is 5.56 Å². The summed E-state index contributed by atoms with van der Waals surface area (Å²) in [5.41, 5.74) is 2.28. The number of rotatable bonds is 4. The summed E-state index contributed by atoms with van der Waals surface area (Å²) >= 11 is 0. The molecule has 1 amide bonds. The Balaban J connectivity index is 1.88. The Hall–Kier alpha value is -2.95. The molecule has 0 aliphatic heterocycles. The number of fused-ring (bicyclic) bond motifs is 1. The Morgan fingerprint density at radius 1 is 1.13 bits per heavy atom. The summed E-state index contributed by atoms with van der Waals surface area (Å²) in [4.78, 5) is 11.3. The van der Waals surface area contributed by atoms with Crippen LogP contribution in [0.4, 0.5) is 14.5 Å². The topological polar surface area (TPSA) is 34.0 Å². The van der Waals surface area contributed by atoms with Gasteiger partial charge in [0.05, 0.1) is 0 Å². The number of carbonyl (C=O) groups is 1. The molecular weight excluding hydrogens is 298 g/mol. The molecular formula is C18H14F2N2O. The summed E-state index contributed by atoms with van der Waals surface area (Å²) < 4.78 is 28.2. The van der Waals surface area contributed by atoms with Crippen LogP contribution in [0.15, 0.2) is 61.3 Å². The van der Waals surface area contributed by atoms with Crippen LogP contribution in [-0.2, 0) is 11.3 Å². The van der Waals surface area contributed by atoms with Crippen molar-refractivity contribution in [3.63, 3.8) is 0 Å². The molecule has 0 spiro atoms. The van der Waals surface area contributed by atoms with Gasteiger partial charge in [-0.25, -0.2) is 8.78 Å². The molecule has 3 rings (SSSR count). The fourth-order valence-electron chi connectivity index (χ4n) is 2.44. The van der Waals surface area contributed by atoms with Crippen LogP contribution in [0.25, 0.3) is 10.9 Å². The first-order valence-corrected chi connectivity index (χ1v) is 7.03. The highest BCUT2D eigenvalue weighted by Gasteiger charge is 2.07. The van der Waals surface area contributed by atoms with E-state index in [0.29, 0.717) is 17.8 Å². The molecule has 2 aromatic carbocycles. The maximum absolute atomic E-state index is 13.3. The molecule has 3 aromatic rings. The molecule has 1 aromatic heterocycles. The Bertz CT molecular complexity index is 899. The molecule has 0 aliphatic rings. The van der Waals surface area contributed by atoms with Crippen LogP contribution >= 0.6 is 0 Å². The van der Waals surface area contributed by atoms with Gasteiger partial charge < -0.3 is 9.88 Å². The van der Waals surface area contributed by atoms with E-state index in [1.807, 2.05) is 29.0 Å². The molecule has 0 atom stereocenters. The van der Waals surface area contributed by atoms with E-state index in [9.17, 15) is 13.6 Å². The number of anilines is 1. The number of hydrogen-bond acceptors (Lipinski definition) is 1. The van der Waals surface area contributed by atoms with E-state index in [1.54, 1.807) is 12.1 Å². The smallest absolute Gasteiger partial charge is 0.247 e. The minimum absolute atomic E-state index is 0.273. The van der Waals surface area contributed by atoms with Crippen molar-refractivity contribution >= 4 is 22.5 Å². The molecule has 1 heterocycles. The first-order valence-electron chi connectivity index (χ1n) is 7.03. The third kappa shape index (κ3) is 3.13. The van der Waals surface area contributed by atoms with Gasteiger partial charge in [-0.05, 0) is 48.0 Å². The number of aromatic nitrogens is 1. The molecule has 0 fully saturated rings. The van der Waals surface area contributed by atoms with Crippen molar-refractivity contribution in [2.24, 2.45) is 0 Å². The van der Waals surface area contributed by atoms with Crippen molar-refractivity contribution in [2.75, 3.05) is 5.32 Å². The second-order valence-corrected chi connectivity index (χ2v) is 5.16. The number of hydrogen-bond donors (Lipinski definition) is 1. The molecule has 116 valence electrons. The summed E-state index contributed by atoms with van der Waals surface area (Å²) in [6, 6.07) is 11.3. The number of amides is 1. The number of benzene rings is 2. The predicted molar refractivity (Wildman–Crippen MR) is 86.2 cm³/mol. The highest BCUT2D eigenvalue weighted by Crippen LogP contribution is 2.22.